The second-order valence-corrected chi connectivity index (χ2v) is 40.7. The molecule has 112 heavy (non-hydrogen) atoms. The number of unbranched alkanes of at least 4 members (excludes halogenated alkanes) is 3. The Bertz CT molecular complexity index is 2820. The standard InChI is InChI=1S/C12H18NO.C12H18N.C12H16N.C10H22N.C9H20N.C9H18N.2C7H16NO.C7H16N.C6H14NO.C6H14N/c1-13(8-7-12(14)10-13)9-11-5-3-2-4-6-11;2*1-13(9-5-6-10-13)11-12-7-3-2-4-8-12;1-3-4-5-8-11(2)9-6-7-10-11;2*1-3-4-7-10(2)8-5-6-9-10;1-8(6-7-9)4-2-3-5-8;1-3-8(2)5-4-7(9)6-8;1-3-8(2)6-4-5-7-8;1-7(2)4-3-6(8)5-7;1-7(2)5-3-4-6-7/h2-6,12,14H,7-10H2,1H3;2-4,7-8H,5-6,9-11H2,1H3;2-8H,9-11H2,1H3;3-10H2,1-2H3;3-9H2,1-2H3;3H,1,4-9H2,2H3;9H,2-7H2,1H3;7,9H,3-6H2,1-2H3;3-7H2,1-2H3;6,8H,3-5H2,1-2H3;3-6H2,1-2H3/q11*+1. The zero-order chi connectivity index (χ0) is 82.6. The summed E-state index contributed by atoms with van der Waals surface area (Å²) in [6, 6.07) is 32.1. The number of likely N-dealkylation sites (tertiary alicyclic amines) is 10. The van der Waals surface area contributed by atoms with Crippen molar-refractivity contribution in [3.05, 3.63) is 132 Å². The van der Waals surface area contributed by atoms with Crippen molar-refractivity contribution in [3.8, 4) is 0 Å². The maximum Gasteiger partial charge on any atom is 0.108 e. The van der Waals surface area contributed by atoms with E-state index in [1.807, 2.05) is 12.1 Å². The van der Waals surface area contributed by atoms with E-state index in [0.717, 1.165) is 107 Å². The van der Waals surface area contributed by atoms with Crippen LogP contribution in [0.1, 0.15) is 192 Å². The average Bonchev–Trinajstić information content (AvgIpc) is 1.69. The topological polar surface area (TPSA) is 80.9 Å². The lowest BCUT2D eigenvalue weighted by Gasteiger charge is -2.29. The van der Waals surface area contributed by atoms with Crippen molar-refractivity contribution in [2.75, 3.05) is 281 Å². The third-order valence-corrected chi connectivity index (χ3v) is 27.6. The first-order valence-corrected chi connectivity index (χ1v) is 46.2. The van der Waals surface area contributed by atoms with Gasteiger partial charge in [0.2, 0.25) is 0 Å². The Morgan fingerprint density at radius 2 is 0.625 bits per heavy atom. The zero-order valence-electron chi connectivity index (χ0n) is 76.9. The van der Waals surface area contributed by atoms with Gasteiger partial charge in [-0.1, -0.05) is 124 Å². The van der Waals surface area contributed by atoms with Crippen molar-refractivity contribution >= 4 is 0 Å². The van der Waals surface area contributed by atoms with Gasteiger partial charge in [-0.25, -0.2) is 0 Å². The van der Waals surface area contributed by atoms with Crippen molar-refractivity contribution < 1.29 is 69.7 Å². The van der Waals surface area contributed by atoms with Gasteiger partial charge in [0.25, 0.3) is 0 Å². The molecule has 10 saturated heterocycles. The highest BCUT2D eigenvalue weighted by atomic mass is 16.3. The molecule has 10 fully saturated rings. The Morgan fingerprint density at radius 3 is 0.911 bits per heavy atom. The van der Waals surface area contributed by atoms with E-state index >= 15 is 0 Å². The van der Waals surface area contributed by atoms with Gasteiger partial charge in [-0.05, 0) is 45.3 Å². The van der Waals surface area contributed by atoms with Crippen LogP contribution in [0.2, 0.25) is 0 Å². The van der Waals surface area contributed by atoms with Crippen LogP contribution in [0.3, 0.4) is 0 Å². The van der Waals surface area contributed by atoms with Gasteiger partial charge in [0.1, 0.15) is 64.1 Å². The van der Waals surface area contributed by atoms with Crippen LogP contribution in [-0.4, -0.2) is 370 Å². The molecule has 11 aliphatic rings. The van der Waals surface area contributed by atoms with Crippen molar-refractivity contribution in [2.45, 2.75) is 213 Å². The number of nitrogens with zero attached hydrogens (tertiary/aromatic N) is 11. The molecule has 3 aromatic rings. The lowest BCUT2D eigenvalue weighted by atomic mass is 10.2. The Morgan fingerprint density at radius 1 is 0.312 bits per heavy atom. The highest BCUT2D eigenvalue weighted by molar-refractivity contribution is 5.15. The third-order valence-electron chi connectivity index (χ3n) is 27.6. The second kappa shape index (κ2) is 51.8. The van der Waals surface area contributed by atoms with E-state index in [1.54, 1.807) is 0 Å². The molecule has 14 rings (SSSR count). The number of rotatable bonds is 20. The van der Waals surface area contributed by atoms with Crippen molar-refractivity contribution in [2.24, 2.45) is 0 Å². The van der Waals surface area contributed by atoms with Gasteiger partial charge in [-0.3, -0.25) is 0 Å². The molecule has 0 aliphatic carbocycles. The van der Waals surface area contributed by atoms with Gasteiger partial charge in [0, 0.05) is 132 Å². The van der Waals surface area contributed by atoms with E-state index in [2.05, 4.69) is 223 Å². The largest absolute Gasteiger partial charge is 0.391 e. The molecular weight excluding hydrogens is 1380 g/mol. The van der Waals surface area contributed by atoms with Gasteiger partial charge in [0.15, 0.2) is 0 Å². The summed E-state index contributed by atoms with van der Waals surface area (Å²) < 4.78 is 13.1. The summed E-state index contributed by atoms with van der Waals surface area (Å²) in [7, 11) is 29.8. The van der Waals surface area contributed by atoms with Crippen molar-refractivity contribution in [1.29, 1.82) is 0 Å². The van der Waals surface area contributed by atoms with E-state index < -0.39 is 0 Å². The first kappa shape index (κ1) is 101. The number of hydrogen-bond donors (Lipinski definition) is 4. The van der Waals surface area contributed by atoms with Crippen LogP contribution >= 0.6 is 0 Å². The Balaban J connectivity index is 0.000000261. The first-order valence-electron chi connectivity index (χ1n) is 46.2. The molecule has 15 heteroatoms. The van der Waals surface area contributed by atoms with Crippen LogP contribution in [0.5, 0.6) is 0 Å². The molecule has 11 heterocycles. The highest BCUT2D eigenvalue weighted by Crippen LogP contribution is 2.25. The molecule has 0 amide bonds. The molecule has 0 bridgehead atoms. The smallest absolute Gasteiger partial charge is 0.108 e. The molecule has 15 nitrogen and oxygen atoms in total. The molecular formula is C97H188N11O4+11. The van der Waals surface area contributed by atoms with Crippen LogP contribution in [0, 0.1) is 0 Å². The van der Waals surface area contributed by atoms with E-state index in [-0.39, 0.29) is 18.3 Å². The molecule has 0 saturated carbocycles. The molecule has 0 aromatic heterocycles. The van der Waals surface area contributed by atoms with Crippen molar-refractivity contribution in [1.82, 2.24) is 0 Å². The van der Waals surface area contributed by atoms with Gasteiger partial charge >= 0.3 is 0 Å². The number of aliphatic hydroxyl groups excluding tert-OH is 4. The molecule has 4 N–H and O–H groups in total. The predicted octanol–water partition coefficient (Wildman–Crippen LogP) is 14.6. The molecule has 0 radical (unpaired) electrons. The summed E-state index contributed by atoms with van der Waals surface area (Å²) in [5, 5.41) is 36.4. The lowest BCUT2D eigenvalue weighted by molar-refractivity contribution is -0.912. The SMILES string of the molecule is C=CCC[N+]1(C)CCCC1.CCCCC[N+]1(C)CCCC1.CCCC[N+]1(C)CCCC1.CC[N+]1(C)CCC(O)C1.CC[N+]1(C)CCCC1.C[N+]1(C)CCC(O)C1.C[N+]1(C)CCCC1.C[N+]1(CCO)CCCC1.C[N+]1(Cc2ccccc2)CC=CC1.C[N+]1(Cc2ccccc2)CCC(O)C1.C[N+]1(Cc2ccccc2)CCCC1. The summed E-state index contributed by atoms with van der Waals surface area (Å²) in [6.45, 7) is 51.9. The monoisotopic (exact) mass is 1570 g/mol. The summed E-state index contributed by atoms with van der Waals surface area (Å²) in [4.78, 5) is 0. The normalized spacial score (nSPS) is 26.6. The zero-order valence-corrected chi connectivity index (χ0v) is 76.9. The minimum Gasteiger partial charge on any atom is -0.391 e. The maximum absolute atomic E-state index is 9.53. The number of quaternary nitrogens is 11. The quantitative estimate of drug-likeness (QED) is 0.0516. The molecule has 5 atom stereocenters. The van der Waals surface area contributed by atoms with Crippen LogP contribution < -0.4 is 0 Å². The Hall–Kier alpha value is -3.46. The first-order chi connectivity index (χ1) is 53.1. The van der Waals surface area contributed by atoms with Crippen LogP contribution in [0.15, 0.2) is 116 Å². The number of hydrogen-bond acceptors (Lipinski definition) is 4. The molecule has 0 spiro atoms. The fourth-order valence-corrected chi connectivity index (χ4v) is 19.0. The third kappa shape index (κ3) is 42.8. The number of likely N-dealkylation sites (N-methyl/N-ethyl adjacent to an activating group) is 5. The predicted molar refractivity (Wildman–Crippen MR) is 480 cm³/mol. The minimum absolute atomic E-state index is 0.0325. The van der Waals surface area contributed by atoms with E-state index in [4.69, 9.17) is 10.2 Å². The van der Waals surface area contributed by atoms with Crippen LogP contribution in [0.25, 0.3) is 0 Å². The second-order valence-electron chi connectivity index (χ2n) is 40.7. The summed E-state index contributed by atoms with van der Waals surface area (Å²) in [5.41, 5.74) is 4.28. The van der Waals surface area contributed by atoms with E-state index in [0.29, 0.717) is 6.61 Å². The fourth-order valence-electron chi connectivity index (χ4n) is 19.0. The molecule has 11 aliphatic heterocycles. The summed E-state index contributed by atoms with van der Waals surface area (Å²) in [6.07, 6.45) is 37.5. The van der Waals surface area contributed by atoms with Gasteiger partial charge in [0.05, 0.1) is 255 Å². The number of benzene rings is 3. The van der Waals surface area contributed by atoms with Gasteiger partial charge in [-0.2, -0.15) is 0 Å². The molecule has 644 valence electrons. The van der Waals surface area contributed by atoms with Crippen LogP contribution in [0.4, 0.5) is 0 Å². The lowest BCUT2D eigenvalue weighted by Crippen LogP contribution is -2.42. The molecule has 3 aromatic carbocycles. The minimum atomic E-state index is -0.0938. The highest BCUT2D eigenvalue weighted by Gasteiger charge is 2.36. The van der Waals surface area contributed by atoms with Gasteiger partial charge in [-0.15, -0.1) is 6.58 Å². The molecule has 5 unspecified atom stereocenters. The Kier molecular flexibility index (Phi) is 46.6. The van der Waals surface area contributed by atoms with Crippen molar-refractivity contribution in [3.63, 3.8) is 0 Å². The van der Waals surface area contributed by atoms with Gasteiger partial charge < -0.3 is 69.7 Å². The maximum atomic E-state index is 9.53. The summed E-state index contributed by atoms with van der Waals surface area (Å²) >= 11 is 0. The van der Waals surface area contributed by atoms with E-state index in [9.17, 15) is 10.2 Å². The Labute approximate surface area is 693 Å². The average molecular weight is 1570 g/mol. The summed E-state index contributed by atoms with van der Waals surface area (Å²) in [5.74, 6) is 0. The fraction of sp³-hybridized carbons (Fsp3) is 0.773. The van der Waals surface area contributed by atoms with Crippen LogP contribution in [-0.2, 0) is 19.6 Å². The van der Waals surface area contributed by atoms with E-state index in [1.165, 1.54) is 309 Å². The number of aliphatic hydroxyl groups is 4.